The number of likely N-dealkylation sites (N-methyl/N-ethyl adjacent to an activating group) is 1. The molecule has 2 aromatic carbocycles. The molecule has 0 atom stereocenters. The lowest BCUT2D eigenvalue weighted by Crippen LogP contribution is -2.46. The summed E-state index contributed by atoms with van der Waals surface area (Å²) >= 11 is 0. The molecule has 2 aromatic rings. The van der Waals surface area contributed by atoms with Crippen molar-refractivity contribution < 1.29 is 9.53 Å². The molecule has 5 heteroatoms. The number of carbonyl (C=O) groups excluding carboxylic acids is 1. The predicted molar refractivity (Wildman–Crippen MR) is 122 cm³/mol. The number of benzene rings is 2. The number of rotatable bonds is 10. The highest BCUT2D eigenvalue weighted by atomic mass is 16.5. The minimum atomic E-state index is 0.0673. The number of piperazine rings is 1. The number of nitrogens with zero attached hydrogens (tertiary/aromatic N) is 2. The normalized spacial score (nSPS) is 15.3. The minimum absolute atomic E-state index is 0.0673. The van der Waals surface area contributed by atoms with Crippen molar-refractivity contribution in [3.05, 3.63) is 70.8 Å². The molecule has 1 saturated heterocycles. The van der Waals surface area contributed by atoms with Crippen LogP contribution in [0.4, 0.5) is 0 Å². The van der Waals surface area contributed by atoms with Gasteiger partial charge in [-0.1, -0.05) is 48.5 Å². The second-order valence-corrected chi connectivity index (χ2v) is 8.22. The molecule has 1 aliphatic heterocycles. The summed E-state index contributed by atoms with van der Waals surface area (Å²) in [5.74, 6) is 0.0673. The number of hydrogen-bond acceptors (Lipinski definition) is 4. The highest BCUT2D eigenvalue weighted by Gasteiger charge is 2.13. The lowest BCUT2D eigenvalue weighted by Gasteiger charge is -2.32. The van der Waals surface area contributed by atoms with Crippen LogP contribution < -0.4 is 5.32 Å². The average Bonchev–Trinajstić information content (AvgIpc) is 2.75. The Balaban J connectivity index is 1.28. The maximum Gasteiger partial charge on any atom is 0.222 e. The molecule has 30 heavy (non-hydrogen) atoms. The summed E-state index contributed by atoms with van der Waals surface area (Å²) in [4.78, 5) is 16.7. The van der Waals surface area contributed by atoms with E-state index >= 15 is 0 Å². The van der Waals surface area contributed by atoms with Crippen LogP contribution in [-0.2, 0) is 22.6 Å². The first-order valence-corrected chi connectivity index (χ1v) is 11.0. The molecule has 0 spiro atoms. The predicted octanol–water partition coefficient (Wildman–Crippen LogP) is 2.86. The van der Waals surface area contributed by atoms with Gasteiger partial charge in [0.05, 0.1) is 13.2 Å². The molecular formula is C25H35N3O2. The zero-order chi connectivity index (χ0) is 21.2. The second-order valence-electron chi connectivity index (χ2n) is 8.22. The van der Waals surface area contributed by atoms with E-state index in [1.54, 1.807) is 0 Å². The van der Waals surface area contributed by atoms with Crippen LogP contribution in [0.2, 0.25) is 0 Å². The molecule has 1 heterocycles. The number of ether oxygens (including phenoxy) is 1. The van der Waals surface area contributed by atoms with Gasteiger partial charge in [-0.3, -0.25) is 9.69 Å². The zero-order valence-corrected chi connectivity index (χ0v) is 18.4. The van der Waals surface area contributed by atoms with Crippen molar-refractivity contribution in [2.75, 3.05) is 52.9 Å². The van der Waals surface area contributed by atoms with Crippen LogP contribution in [0.25, 0.3) is 0 Å². The number of hydrogen-bond donors (Lipinski definition) is 1. The molecule has 0 radical (unpaired) electrons. The van der Waals surface area contributed by atoms with Crippen molar-refractivity contribution in [3.8, 4) is 0 Å². The lowest BCUT2D eigenvalue weighted by molar-refractivity contribution is -0.122. The van der Waals surface area contributed by atoms with Gasteiger partial charge in [-0.2, -0.15) is 0 Å². The van der Waals surface area contributed by atoms with Crippen molar-refractivity contribution in [1.82, 2.24) is 15.1 Å². The number of amides is 1. The molecule has 1 N–H and O–H groups in total. The van der Waals surface area contributed by atoms with Crippen molar-refractivity contribution in [1.29, 1.82) is 0 Å². The van der Waals surface area contributed by atoms with Crippen molar-refractivity contribution in [3.63, 3.8) is 0 Å². The summed E-state index contributed by atoms with van der Waals surface area (Å²) in [5.41, 5.74) is 5.12. The van der Waals surface area contributed by atoms with Crippen LogP contribution in [0.5, 0.6) is 0 Å². The molecule has 1 aliphatic rings. The zero-order valence-electron chi connectivity index (χ0n) is 18.4. The Morgan fingerprint density at radius 3 is 2.43 bits per heavy atom. The Labute approximate surface area is 181 Å². The summed E-state index contributed by atoms with van der Waals surface area (Å²) in [5, 5.41) is 3.00. The van der Waals surface area contributed by atoms with E-state index in [-0.39, 0.29) is 5.91 Å². The second kappa shape index (κ2) is 11.8. The smallest absolute Gasteiger partial charge is 0.222 e. The Hall–Kier alpha value is -2.21. The van der Waals surface area contributed by atoms with E-state index < -0.39 is 0 Å². The Kier molecular flexibility index (Phi) is 8.87. The standard InChI is InChI=1S/C25H35N3O2/c1-21-5-3-4-6-24(21)19-22-7-9-23(10-8-22)20-30-18-11-25(29)26-12-13-28-16-14-27(2)15-17-28/h3-10H,11-20H2,1-2H3,(H,26,29). The van der Waals surface area contributed by atoms with Gasteiger partial charge < -0.3 is 15.0 Å². The SMILES string of the molecule is Cc1ccccc1Cc1ccc(COCCC(=O)NCCN2CCN(C)CC2)cc1. The van der Waals surface area contributed by atoms with Gasteiger partial charge in [0, 0.05) is 45.7 Å². The van der Waals surface area contributed by atoms with Gasteiger partial charge in [0.25, 0.3) is 0 Å². The molecule has 0 aromatic heterocycles. The van der Waals surface area contributed by atoms with E-state index in [2.05, 4.69) is 77.6 Å². The first-order valence-electron chi connectivity index (χ1n) is 11.0. The summed E-state index contributed by atoms with van der Waals surface area (Å²) in [6.45, 7) is 9.16. The van der Waals surface area contributed by atoms with E-state index in [1.807, 2.05) is 0 Å². The minimum Gasteiger partial charge on any atom is -0.376 e. The molecule has 0 aliphatic carbocycles. The molecule has 0 unspecified atom stereocenters. The van der Waals surface area contributed by atoms with Crippen LogP contribution in [0.15, 0.2) is 48.5 Å². The van der Waals surface area contributed by atoms with Gasteiger partial charge in [-0.15, -0.1) is 0 Å². The number of aryl methyl sites for hydroxylation is 1. The largest absolute Gasteiger partial charge is 0.376 e. The third kappa shape index (κ3) is 7.56. The van der Waals surface area contributed by atoms with Crippen molar-refractivity contribution in [2.45, 2.75) is 26.4 Å². The van der Waals surface area contributed by atoms with E-state index in [4.69, 9.17) is 4.74 Å². The first-order chi connectivity index (χ1) is 14.6. The Bertz CT molecular complexity index is 783. The van der Waals surface area contributed by atoms with Crippen molar-refractivity contribution >= 4 is 5.91 Å². The molecule has 5 nitrogen and oxygen atoms in total. The fraction of sp³-hybridized carbons (Fsp3) is 0.480. The van der Waals surface area contributed by atoms with Crippen LogP contribution in [0.1, 0.15) is 28.7 Å². The van der Waals surface area contributed by atoms with Gasteiger partial charge in [0.1, 0.15) is 0 Å². The quantitative estimate of drug-likeness (QED) is 0.613. The molecule has 1 fully saturated rings. The van der Waals surface area contributed by atoms with Crippen LogP contribution >= 0.6 is 0 Å². The van der Waals surface area contributed by atoms with Crippen LogP contribution in [0, 0.1) is 6.92 Å². The number of carbonyl (C=O) groups is 1. The summed E-state index contributed by atoms with van der Waals surface area (Å²) < 4.78 is 5.70. The molecule has 0 bridgehead atoms. The fourth-order valence-corrected chi connectivity index (χ4v) is 3.65. The molecular weight excluding hydrogens is 374 g/mol. The maximum absolute atomic E-state index is 12.0. The van der Waals surface area contributed by atoms with E-state index in [0.717, 1.165) is 44.7 Å². The average molecular weight is 410 g/mol. The van der Waals surface area contributed by atoms with Gasteiger partial charge in [0.2, 0.25) is 5.91 Å². The molecule has 0 saturated carbocycles. The highest BCUT2D eigenvalue weighted by Crippen LogP contribution is 2.14. The highest BCUT2D eigenvalue weighted by molar-refractivity contribution is 5.75. The van der Waals surface area contributed by atoms with Gasteiger partial charge in [-0.25, -0.2) is 0 Å². The summed E-state index contributed by atoms with van der Waals surface area (Å²) in [6, 6.07) is 17.1. The number of nitrogens with one attached hydrogen (secondary N) is 1. The summed E-state index contributed by atoms with van der Waals surface area (Å²) in [6.07, 6.45) is 1.36. The van der Waals surface area contributed by atoms with Gasteiger partial charge in [0.15, 0.2) is 0 Å². The van der Waals surface area contributed by atoms with Gasteiger partial charge in [-0.05, 0) is 42.6 Å². The topological polar surface area (TPSA) is 44.8 Å². The third-order valence-corrected chi connectivity index (χ3v) is 5.77. The van der Waals surface area contributed by atoms with Crippen LogP contribution in [0.3, 0.4) is 0 Å². The molecule has 162 valence electrons. The Morgan fingerprint density at radius 1 is 1.00 bits per heavy atom. The molecule has 3 rings (SSSR count). The third-order valence-electron chi connectivity index (χ3n) is 5.77. The van der Waals surface area contributed by atoms with E-state index in [9.17, 15) is 4.79 Å². The first kappa shape index (κ1) is 22.5. The van der Waals surface area contributed by atoms with Crippen molar-refractivity contribution in [2.24, 2.45) is 0 Å². The van der Waals surface area contributed by atoms with Crippen LogP contribution in [-0.4, -0.2) is 68.6 Å². The lowest BCUT2D eigenvalue weighted by atomic mass is 10.00. The monoisotopic (exact) mass is 409 g/mol. The molecule has 1 amide bonds. The van der Waals surface area contributed by atoms with E-state index in [0.29, 0.717) is 26.2 Å². The maximum atomic E-state index is 12.0. The Morgan fingerprint density at radius 2 is 1.70 bits per heavy atom. The summed E-state index contributed by atoms with van der Waals surface area (Å²) in [7, 11) is 2.15. The van der Waals surface area contributed by atoms with Gasteiger partial charge >= 0.3 is 0 Å². The van der Waals surface area contributed by atoms with E-state index in [1.165, 1.54) is 16.7 Å². The fourth-order valence-electron chi connectivity index (χ4n) is 3.65.